The molecule has 1 unspecified atom stereocenters. The molecule has 1 aromatic carbocycles. The van der Waals surface area contributed by atoms with Gasteiger partial charge in [-0.15, -0.1) is 5.10 Å². The summed E-state index contributed by atoms with van der Waals surface area (Å²) in [6, 6.07) is 7.26. The van der Waals surface area contributed by atoms with Gasteiger partial charge in [0.05, 0.1) is 58.7 Å². The van der Waals surface area contributed by atoms with Crippen LogP contribution in [0.15, 0.2) is 30.5 Å². The van der Waals surface area contributed by atoms with Gasteiger partial charge in [0, 0.05) is 13.1 Å². The largest absolute Gasteiger partial charge is 0.443 e. The zero-order valence-corrected chi connectivity index (χ0v) is 20.9. The second-order valence-corrected chi connectivity index (χ2v) is 10.1. The molecule has 3 aromatic rings. The van der Waals surface area contributed by atoms with Crippen LogP contribution in [0, 0.1) is 23.0 Å². The zero-order valence-electron chi connectivity index (χ0n) is 20.9. The van der Waals surface area contributed by atoms with Gasteiger partial charge in [-0.2, -0.15) is 5.26 Å². The molecule has 5 rings (SSSR count). The summed E-state index contributed by atoms with van der Waals surface area (Å²) in [5.41, 5.74) is -0.797. The minimum atomic E-state index is -0.894. The van der Waals surface area contributed by atoms with Crippen LogP contribution in [0.4, 0.5) is 19.4 Å². The average Bonchev–Trinajstić information content (AvgIpc) is 3.54. The van der Waals surface area contributed by atoms with Crippen LogP contribution in [-0.2, 0) is 11.3 Å². The number of nitriles is 1. The van der Waals surface area contributed by atoms with Crippen molar-refractivity contribution < 1.29 is 28.2 Å². The lowest BCUT2D eigenvalue weighted by atomic mass is 10.0. The van der Waals surface area contributed by atoms with Crippen LogP contribution < -0.4 is 4.90 Å². The highest BCUT2D eigenvalue weighted by Crippen LogP contribution is 2.35. The molecule has 2 amide bonds. The van der Waals surface area contributed by atoms with Crippen LogP contribution in [0.5, 0.6) is 0 Å². The molecule has 2 aliphatic rings. The van der Waals surface area contributed by atoms with Gasteiger partial charge in [0.25, 0.3) is 5.91 Å². The molecule has 1 N–H and O–H groups in total. The quantitative estimate of drug-likeness (QED) is 0.554. The number of ether oxygens (including phenoxy) is 1. The van der Waals surface area contributed by atoms with Gasteiger partial charge in [0.1, 0.15) is 11.4 Å². The molecule has 1 saturated heterocycles. The monoisotopic (exact) mass is 522 g/mol. The second-order valence-electron chi connectivity index (χ2n) is 10.1. The van der Waals surface area contributed by atoms with E-state index in [1.54, 1.807) is 25.7 Å². The summed E-state index contributed by atoms with van der Waals surface area (Å²) in [6.07, 6.45) is 0.00471. The number of hydrogen-bond acceptors (Lipinski definition) is 8. The van der Waals surface area contributed by atoms with Gasteiger partial charge < -0.3 is 14.7 Å². The van der Waals surface area contributed by atoms with E-state index in [1.807, 2.05) is 6.07 Å². The van der Waals surface area contributed by atoms with Crippen molar-refractivity contribution in [2.75, 3.05) is 18.0 Å². The fraction of sp³-hybridized carbons (Fsp3) is 0.346. The molecule has 12 heteroatoms. The molecule has 0 radical (unpaired) electrons. The Hall–Kier alpha value is -4.37. The van der Waals surface area contributed by atoms with Gasteiger partial charge in [0.15, 0.2) is 11.6 Å². The van der Waals surface area contributed by atoms with Crippen molar-refractivity contribution in [3.63, 3.8) is 0 Å². The van der Waals surface area contributed by atoms with E-state index in [0.29, 0.717) is 13.0 Å². The molecule has 0 bridgehead atoms. The Morgan fingerprint density at radius 1 is 1.24 bits per heavy atom. The lowest BCUT2D eigenvalue weighted by Crippen LogP contribution is -2.37. The first-order valence-electron chi connectivity index (χ1n) is 11.9. The maximum absolute atomic E-state index is 15.0. The standard InChI is InChI=1S/C26H24F2N6O4/c1-26(2,3)38-25(37)33-13-19-22(24(33)36)20(9-18(30-19)21-14(10-29)5-4-6-16(21)27)34-12-17(28)23(31-34)32-8-7-15(35)11-32/h4-6,9,12,15,35H,7-8,11,13H2,1-3H3. The highest BCUT2D eigenvalue weighted by molar-refractivity contribution is 6.08. The summed E-state index contributed by atoms with van der Waals surface area (Å²) in [5, 5.41) is 23.8. The summed E-state index contributed by atoms with van der Waals surface area (Å²) in [7, 11) is 0. The van der Waals surface area contributed by atoms with E-state index in [2.05, 4.69) is 10.1 Å². The van der Waals surface area contributed by atoms with E-state index in [0.717, 1.165) is 15.8 Å². The van der Waals surface area contributed by atoms with Crippen LogP contribution in [0.3, 0.4) is 0 Å². The maximum Gasteiger partial charge on any atom is 0.417 e. The third kappa shape index (κ3) is 4.45. The van der Waals surface area contributed by atoms with Crippen molar-refractivity contribution in [3.8, 4) is 23.0 Å². The second kappa shape index (κ2) is 9.18. The maximum atomic E-state index is 15.0. The SMILES string of the molecule is CC(C)(C)OC(=O)N1Cc2nc(-c3c(F)cccc3C#N)cc(-n3cc(F)c(N4CCC(O)C4)n3)c2C1=O. The average molecular weight is 523 g/mol. The zero-order chi connectivity index (χ0) is 27.4. The van der Waals surface area contributed by atoms with Crippen LogP contribution in [-0.4, -0.2) is 61.6 Å². The van der Waals surface area contributed by atoms with Crippen molar-refractivity contribution in [2.24, 2.45) is 0 Å². The first-order valence-corrected chi connectivity index (χ1v) is 11.9. The summed E-state index contributed by atoms with van der Waals surface area (Å²) in [4.78, 5) is 33.1. The number of anilines is 1. The van der Waals surface area contributed by atoms with Crippen molar-refractivity contribution >= 4 is 17.8 Å². The molecular formula is C26H24F2N6O4. The summed E-state index contributed by atoms with van der Waals surface area (Å²) in [5.74, 6) is -2.16. The molecule has 0 spiro atoms. The number of β-amino-alcohol motifs (C(OH)–C–C–N with tert-alkyl or cyclic N) is 1. The number of imide groups is 1. The van der Waals surface area contributed by atoms with Crippen LogP contribution in [0.2, 0.25) is 0 Å². The third-order valence-electron chi connectivity index (χ3n) is 6.21. The lowest BCUT2D eigenvalue weighted by molar-refractivity contribution is 0.0247. The van der Waals surface area contributed by atoms with E-state index >= 15 is 4.39 Å². The Morgan fingerprint density at radius 3 is 2.66 bits per heavy atom. The van der Waals surface area contributed by atoms with Gasteiger partial charge >= 0.3 is 6.09 Å². The van der Waals surface area contributed by atoms with Crippen molar-refractivity contribution in [2.45, 2.75) is 45.4 Å². The molecule has 0 saturated carbocycles. The molecule has 196 valence electrons. The Morgan fingerprint density at radius 2 is 2.00 bits per heavy atom. The molecule has 0 aliphatic carbocycles. The number of pyridine rings is 1. The number of benzene rings is 1. The van der Waals surface area contributed by atoms with Gasteiger partial charge in [-0.25, -0.2) is 28.1 Å². The predicted molar refractivity (Wildman–Crippen MR) is 130 cm³/mol. The van der Waals surface area contributed by atoms with Gasteiger partial charge in [-0.3, -0.25) is 4.79 Å². The minimum absolute atomic E-state index is 0.00936. The molecular weight excluding hydrogens is 498 g/mol. The van der Waals surface area contributed by atoms with E-state index in [4.69, 9.17) is 4.74 Å². The van der Waals surface area contributed by atoms with Crippen molar-refractivity contribution in [1.29, 1.82) is 5.26 Å². The number of hydrogen-bond donors (Lipinski definition) is 1. The first-order chi connectivity index (χ1) is 18.0. The lowest BCUT2D eigenvalue weighted by Gasteiger charge is -2.23. The first kappa shape index (κ1) is 25.3. The summed E-state index contributed by atoms with van der Waals surface area (Å²) < 4.78 is 36.4. The number of carbonyl (C=O) groups excluding carboxylic acids is 2. The highest BCUT2D eigenvalue weighted by atomic mass is 19.1. The van der Waals surface area contributed by atoms with Crippen LogP contribution >= 0.6 is 0 Å². The van der Waals surface area contributed by atoms with Gasteiger partial charge in [0.2, 0.25) is 0 Å². The number of carbonyl (C=O) groups is 2. The predicted octanol–water partition coefficient (Wildman–Crippen LogP) is 3.55. The smallest absolute Gasteiger partial charge is 0.417 e. The minimum Gasteiger partial charge on any atom is -0.443 e. The fourth-order valence-electron chi connectivity index (χ4n) is 4.55. The van der Waals surface area contributed by atoms with E-state index in [1.165, 1.54) is 24.3 Å². The molecule has 2 aliphatic heterocycles. The number of aromatic nitrogens is 3. The number of amides is 2. The van der Waals surface area contributed by atoms with Crippen LogP contribution in [0.1, 0.15) is 48.8 Å². The fourth-order valence-corrected chi connectivity index (χ4v) is 4.55. The van der Waals surface area contributed by atoms with Crippen molar-refractivity contribution in [1.82, 2.24) is 19.7 Å². The van der Waals surface area contributed by atoms with Crippen LogP contribution in [0.25, 0.3) is 16.9 Å². The molecule has 4 heterocycles. The van der Waals surface area contributed by atoms with Crippen molar-refractivity contribution in [3.05, 3.63) is 58.9 Å². The molecule has 38 heavy (non-hydrogen) atoms. The summed E-state index contributed by atoms with van der Waals surface area (Å²) in [6.45, 7) is 5.29. The molecule has 2 aromatic heterocycles. The van der Waals surface area contributed by atoms with E-state index in [9.17, 15) is 24.3 Å². The number of aliphatic hydroxyl groups is 1. The highest BCUT2D eigenvalue weighted by Gasteiger charge is 2.39. The number of nitrogens with zero attached hydrogens (tertiary/aromatic N) is 6. The topological polar surface area (TPSA) is 125 Å². The van der Waals surface area contributed by atoms with E-state index < -0.39 is 35.3 Å². The number of fused-ring (bicyclic) bond motifs is 1. The van der Waals surface area contributed by atoms with Gasteiger partial charge in [-0.05, 0) is 45.4 Å². The number of aliphatic hydroxyl groups excluding tert-OH is 1. The molecule has 1 atom stereocenters. The van der Waals surface area contributed by atoms with Gasteiger partial charge in [-0.1, -0.05) is 6.07 Å². The third-order valence-corrected chi connectivity index (χ3v) is 6.21. The molecule has 10 nitrogen and oxygen atoms in total. The Bertz CT molecular complexity index is 1510. The number of rotatable bonds is 3. The Kier molecular flexibility index (Phi) is 6.11. The van der Waals surface area contributed by atoms with E-state index in [-0.39, 0.29) is 52.7 Å². The normalized spacial score (nSPS) is 17.1. The Balaban J connectivity index is 1.67. The summed E-state index contributed by atoms with van der Waals surface area (Å²) >= 11 is 0. The Labute approximate surface area is 216 Å². The molecule has 1 fully saturated rings. The number of halogens is 2.